The largest absolute Gasteiger partial charge is 0.505 e. The van der Waals surface area contributed by atoms with Crippen molar-refractivity contribution < 1.29 is 35.5 Å². The number of anilines is 2. The van der Waals surface area contributed by atoms with Gasteiger partial charge in [-0.25, -0.2) is 44.6 Å². The van der Waals surface area contributed by atoms with E-state index in [0.717, 1.165) is 12.5 Å². The molecule has 8 rings (SSSR count). The van der Waals surface area contributed by atoms with Crippen LogP contribution in [0, 0.1) is 10.8 Å². The molecule has 0 spiro atoms. The van der Waals surface area contributed by atoms with Crippen molar-refractivity contribution in [2.75, 3.05) is 34.5 Å². The first kappa shape index (κ1) is 53.7. The van der Waals surface area contributed by atoms with Gasteiger partial charge in [0.2, 0.25) is 20.0 Å². The Bertz CT molecular complexity index is 3560. The average molecular weight is 1100 g/mol. The molecule has 2 atom stereocenters. The lowest BCUT2D eigenvalue weighted by atomic mass is 9.92. The van der Waals surface area contributed by atoms with E-state index >= 15 is 0 Å². The van der Waals surface area contributed by atoms with E-state index in [1.807, 2.05) is 22.9 Å². The number of hydrogen-bond acceptors (Lipinski definition) is 18. The number of aliphatic imine (C=N–C) groups is 2. The van der Waals surface area contributed by atoms with Crippen LogP contribution in [0.1, 0.15) is 65.5 Å². The number of benzene rings is 2. The Balaban J connectivity index is 0.000000211. The molecule has 2 aliphatic rings. The Morgan fingerprint density at radius 3 is 1.28 bits per heavy atom. The Hall–Kier alpha value is -6.06. The number of aryl methyl sites for hydroxylation is 2. The Kier molecular flexibility index (Phi) is 14.7. The fourth-order valence-electron chi connectivity index (χ4n) is 7.15. The zero-order valence-electron chi connectivity index (χ0n) is 40.9. The predicted molar refractivity (Wildman–Crippen MR) is 287 cm³/mol. The van der Waals surface area contributed by atoms with Crippen LogP contribution in [0.2, 0.25) is 0 Å². The molecule has 4 N–H and O–H groups in total. The smallest absolute Gasteiger partial charge is 0.281 e. The average Bonchev–Trinajstić information content (AvgIpc) is 3.98. The van der Waals surface area contributed by atoms with Crippen LogP contribution in [0.5, 0.6) is 11.5 Å². The predicted octanol–water partition coefficient (Wildman–Crippen LogP) is 8.07. The van der Waals surface area contributed by atoms with Crippen LogP contribution < -0.4 is 20.6 Å². The van der Waals surface area contributed by atoms with Gasteiger partial charge in [-0.15, -0.1) is 22.7 Å². The van der Waals surface area contributed by atoms with Gasteiger partial charge in [-0.05, 0) is 83.0 Å². The number of amidine groups is 2. The first-order valence-corrected chi connectivity index (χ1v) is 31.3. The van der Waals surface area contributed by atoms with Crippen molar-refractivity contribution in [2.24, 2.45) is 29.5 Å². The Morgan fingerprint density at radius 1 is 0.611 bits per heavy atom. The molecular formula is C46H54N10O10S6. The van der Waals surface area contributed by atoms with Crippen LogP contribution in [0.3, 0.4) is 0 Å². The van der Waals surface area contributed by atoms with Gasteiger partial charge in [0.05, 0.1) is 62.9 Å². The van der Waals surface area contributed by atoms with Gasteiger partial charge in [0.1, 0.15) is 22.5 Å². The minimum absolute atomic E-state index is 0.0661. The quantitative estimate of drug-likeness (QED) is 0.0905. The number of rotatable bonds is 12. The maximum Gasteiger partial charge on any atom is 0.281 e. The summed E-state index contributed by atoms with van der Waals surface area (Å²) in [5.74, 6) is -1.09. The van der Waals surface area contributed by atoms with Crippen LogP contribution in [0.25, 0.3) is 21.1 Å². The molecule has 0 saturated carbocycles. The van der Waals surface area contributed by atoms with Crippen molar-refractivity contribution in [1.82, 2.24) is 19.6 Å². The number of thiophene rings is 2. The van der Waals surface area contributed by atoms with Crippen molar-refractivity contribution in [3.63, 3.8) is 0 Å². The third-order valence-electron chi connectivity index (χ3n) is 10.7. The van der Waals surface area contributed by atoms with Gasteiger partial charge in [0.15, 0.2) is 23.2 Å². The molecule has 26 heteroatoms. The lowest BCUT2D eigenvalue weighted by molar-refractivity contribution is 0.335. The molecule has 6 aromatic rings. The fourth-order valence-corrected chi connectivity index (χ4v) is 12.5. The monoisotopic (exact) mass is 1100 g/mol. The molecular weight excluding hydrogens is 1040 g/mol. The van der Waals surface area contributed by atoms with Gasteiger partial charge in [0, 0.05) is 37.0 Å². The summed E-state index contributed by atoms with van der Waals surface area (Å²) in [6.07, 6.45) is 6.08. The van der Waals surface area contributed by atoms with Crippen LogP contribution in [-0.2, 0) is 52.6 Å². The molecule has 0 radical (unpaired) electrons. The summed E-state index contributed by atoms with van der Waals surface area (Å²) in [6.45, 7) is 12.9. The maximum absolute atomic E-state index is 13.6. The van der Waals surface area contributed by atoms with Crippen molar-refractivity contribution >= 4 is 96.6 Å². The lowest BCUT2D eigenvalue weighted by Crippen LogP contribution is -2.31. The van der Waals surface area contributed by atoms with Gasteiger partial charge in [-0.2, -0.15) is 18.9 Å². The van der Waals surface area contributed by atoms with E-state index in [-0.39, 0.29) is 89.1 Å². The van der Waals surface area contributed by atoms with E-state index in [2.05, 4.69) is 79.9 Å². The number of hydrogen-bond donors (Lipinski definition) is 4. The van der Waals surface area contributed by atoms with Crippen molar-refractivity contribution in [2.45, 2.75) is 77.3 Å². The highest BCUT2D eigenvalue weighted by molar-refractivity contribution is 7.94. The molecule has 384 valence electrons. The van der Waals surface area contributed by atoms with Crippen LogP contribution in [0.15, 0.2) is 110 Å². The highest BCUT2D eigenvalue weighted by Crippen LogP contribution is 2.39. The molecule has 0 saturated heterocycles. The van der Waals surface area contributed by atoms with Crippen molar-refractivity contribution in [1.29, 1.82) is 0 Å². The van der Waals surface area contributed by atoms with Gasteiger partial charge >= 0.3 is 0 Å². The van der Waals surface area contributed by atoms with Crippen molar-refractivity contribution in [3.05, 3.63) is 103 Å². The normalized spacial score (nSPS) is 17.8. The summed E-state index contributed by atoms with van der Waals surface area (Å²) in [5.41, 5.74) is -0.273. The molecule has 2 aliphatic heterocycles. The third kappa shape index (κ3) is 12.6. The second kappa shape index (κ2) is 19.8. The molecule has 6 heterocycles. The van der Waals surface area contributed by atoms with E-state index in [1.165, 1.54) is 80.9 Å². The number of fused-ring (bicyclic) bond motifs is 2. The SMILES string of the molecule is CC(C)(C)CCn1nc(-c2cccs2)c(O)c(C2=Nc3ccc(NS(C)(=O)=O)cc3[S@@](C)(=O)=N2)c1=O.CC(C)(C)CCn1nc(-c2cccs2)c(O)c(C2=Nc3ccc(NS(C)(=O)=O)cc3[S@](C)(=O)=N2)c1=O. The molecule has 2 aromatic carbocycles. The molecule has 0 unspecified atom stereocenters. The summed E-state index contributed by atoms with van der Waals surface area (Å²) in [5, 5.41) is 34.8. The van der Waals surface area contributed by atoms with Gasteiger partial charge in [-0.3, -0.25) is 19.0 Å². The first-order valence-electron chi connectivity index (χ1n) is 21.9. The number of nitrogens with one attached hydrogen (secondary N) is 2. The van der Waals surface area contributed by atoms with Gasteiger partial charge in [0.25, 0.3) is 11.1 Å². The summed E-state index contributed by atoms with van der Waals surface area (Å²) >= 11 is 2.71. The minimum Gasteiger partial charge on any atom is -0.505 e. The molecule has 0 fully saturated rings. The second-order valence-corrected chi connectivity index (χ2v) is 29.4. The lowest BCUT2D eigenvalue weighted by Gasteiger charge is -2.20. The maximum atomic E-state index is 13.6. The topological polar surface area (TPSA) is 286 Å². The molecule has 0 amide bonds. The van der Waals surface area contributed by atoms with E-state index < -0.39 is 50.6 Å². The zero-order chi connectivity index (χ0) is 52.9. The number of nitrogens with zero attached hydrogens (tertiary/aromatic N) is 8. The molecule has 0 bridgehead atoms. The highest BCUT2D eigenvalue weighted by atomic mass is 32.2. The summed E-state index contributed by atoms with van der Waals surface area (Å²) < 4.78 is 89.4. The van der Waals surface area contributed by atoms with E-state index in [4.69, 9.17) is 0 Å². The number of sulfonamides is 2. The van der Waals surface area contributed by atoms with E-state index in [0.29, 0.717) is 35.7 Å². The van der Waals surface area contributed by atoms with Crippen molar-refractivity contribution in [3.8, 4) is 32.6 Å². The number of aromatic nitrogens is 4. The molecule has 72 heavy (non-hydrogen) atoms. The first-order chi connectivity index (χ1) is 33.3. The summed E-state index contributed by atoms with van der Waals surface area (Å²) in [7, 11) is -13.4. The minimum atomic E-state index is -3.55. The standard InChI is InChI=1S/2C23H27N5O5S3/c2*1-23(2,3)10-11-28-22(30)18(20(29)19(25-28)16-7-6-12-34-16)21-24-15-9-8-14(26-36(5,32)33)13-17(15)35(4,31)27-21/h2*6-9,12-13,26,29H,10-11H2,1-5H3/t2*35-/m10/s1. The summed E-state index contributed by atoms with van der Waals surface area (Å²) in [4.78, 5) is 37.6. The van der Waals surface area contributed by atoms with Crippen LogP contribution in [-0.4, -0.2) is 91.7 Å². The summed E-state index contributed by atoms with van der Waals surface area (Å²) in [6, 6.07) is 16.0. The Labute approximate surface area is 426 Å². The Morgan fingerprint density at radius 2 is 0.972 bits per heavy atom. The van der Waals surface area contributed by atoms with Gasteiger partial charge in [-0.1, -0.05) is 53.7 Å². The molecule has 4 aromatic heterocycles. The zero-order valence-corrected chi connectivity index (χ0v) is 45.8. The molecule has 0 aliphatic carbocycles. The second-order valence-electron chi connectivity index (χ2n) is 19.5. The highest BCUT2D eigenvalue weighted by Gasteiger charge is 2.31. The fraction of sp³-hybridized carbons (Fsp3) is 0.348. The number of aromatic hydroxyl groups is 2. The van der Waals surface area contributed by atoms with Crippen LogP contribution >= 0.6 is 22.7 Å². The van der Waals surface area contributed by atoms with Crippen LogP contribution in [0.4, 0.5) is 22.7 Å². The molecule has 20 nitrogen and oxygen atoms in total. The van der Waals surface area contributed by atoms with E-state index in [9.17, 15) is 45.1 Å². The van der Waals surface area contributed by atoms with E-state index in [1.54, 1.807) is 12.1 Å². The third-order valence-corrected chi connectivity index (χ3v) is 17.0. The van der Waals surface area contributed by atoms with Gasteiger partial charge < -0.3 is 10.2 Å².